The van der Waals surface area contributed by atoms with Gasteiger partial charge in [0.25, 0.3) is 15.9 Å². The molecule has 0 saturated heterocycles. The Kier molecular flexibility index (Phi) is 8.40. The average molecular weight is 614 g/mol. The predicted molar refractivity (Wildman–Crippen MR) is 156 cm³/mol. The molecule has 1 N–H and O–H groups in total. The van der Waals surface area contributed by atoms with Gasteiger partial charge in [-0.05, 0) is 80.9 Å². The zero-order valence-corrected chi connectivity index (χ0v) is 24.2. The highest BCUT2D eigenvalue weighted by Gasteiger charge is 2.28. The molecule has 7 nitrogen and oxygen atoms in total. The maximum Gasteiger partial charge on any atom is 0.264 e. The molecule has 1 aromatic heterocycles. The van der Waals surface area contributed by atoms with Crippen LogP contribution >= 0.6 is 27.5 Å². The summed E-state index contributed by atoms with van der Waals surface area (Å²) in [5.41, 5.74) is 7.22. The van der Waals surface area contributed by atoms with Crippen LogP contribution in [0.2, 0.25) is 5.02 Å². The van der Waals surface area contributed by atoms with Crippen molar-refractivity contribution in [1.29, 1.82) is 0 Å². The van der Waals surface area contributed by atoms with E-state index in [-0.39, 0.29) is 4.90 Å². The molecule has 0 aliphatic heterocycles. The van der Waals surface area contributed by atoms with E-state index in [9.17, 15) is 13.2 Å². The van der Waals surface area contributed by atoms with Crippen molar-refractivity contribution >= 4 is 55.4 Å². The van der Waals surface area contributed by atoms with Crippen LogP contribution in [0.5, 0.6) is 0 Å². The van der Waals surface area contributed by atoms with Crippen molar-refractivity contribution in [3.8, 4) is 5.69 Å². The van der Waals surface area contributed by atoms with Gasteiger partial charge < -0.3 is 4.57 Å². The van der Waals surface area contributed by atoms with Crippen LogP contribution < -0.4 is 9.73 Å². The molecule has 0 fully saturated rings. The van der Waals surface area contributed by atoms with Crippen LogP contribution in [0.15, 0.2) is 93.3 Å². The highest BCUT2D eigenvalue weighted by atomic mass is 79.9. The van der Waals surface area contributed by atoms with Crippen molar-refractivity contribution in [1.82, 2.24) is 9.99 Å². The van der Waals surface area contributed by atoms with Gasteiger partial charge in [-0.2, -0.15) is 5.10 Å². The number of anilines is 1. The van der Waals surface area contributed by atoms with E-state index in [0.717, 1.165) is 31.4 Å². The van der Waals surface area contributed by atoms with E-state index in [1.807, 2.05) is 44.2 Å². The molecular formula is C28H26BrClN4O3S. The number of hydrogen-bond acceptors (Lipinski definition) is 4. The lowest BCUT2D eigenvalue weighted by Gasteiger charge is -2.25. The fraction of sp³-hybridized carbons (Fsp3) is 0.143. The number of carbonyl (C=O) groups excluding carboxylic acids is 1. The number of hydrogen-bond donors (Lipinski definition) is 1. The lowest BCUT2D eigenvalue weighted by atomic mass is 10.2. The summed E-state index contributed by atoms with van der Waals surface area (Å²) in [6.07, 6.45) is 1.55. The molecule has 0 bridgehead atoms. The summed E-state index contributed by atoms with van der Waals surface area (Å²) >= 11 is 9.59. The number of aromatic nitrogens is 1. The summed E-state index contributed by atoms with van der Waals surface area (Å²) in [4.78, 5) is 13.0. The molecule has 3 aromatic carbocycles. The first-order valence-electron chi connectivity index (χ1n) is 11.7. The van der Waals surface area contributed by atoms with Crippen molar-refractivity contribution in [3.63, 3.8) is 0 Å². The maximum atomic E-state index is 13.5. The molecule has 0 radical (unpaired) electrons. The van der Waals surface area contributed by atoms with E-state index in [2.05, 4.69) is 31.0 Å². The first kappa shape index (κ1) is 27.6. The van der Waals surface area contributed by atoms with Gasteiger partial charge in [0.05, 0.1) is 16.8 Å². The molecule has 4 aromatic rings. The van der Waals surface area contributed by atoms with Crippen LogP contribution in [0.25, 0.3) is 5.69 Å². The largest absolute Gasteiger partial charge is 0.318 e. The predicted octanol–water partition coefficient (Wildman–Crippen LogP) is 6.16. The fourth-order valence-electron chi connectivity index (χ4n) is 4.19. The minimum absolute atomic E-state index is 0.0747. The molecular weight excluding hydrogens is 588 g/mol. The smallest absolute Gasteiger partial charge is 0.264 e. The monoisotopic (exact) mass is 612 g/mol. The molecule has 4 rings (SSSR count). The van der Waals surface area contributed by atoms with Gasteiger partial charge in [0.15, 0.2) is 0 Å². The molecule has 196 valence electrons. The Labute approximate surface area is 235 Å². The van der Waals surface area contributed by atoms with Crippen molar-refractivity contribution in [3.05, 3.63) is 111 Å². The fourth-order valence-corrected chi connectivity index (χ4v) is 6.31. The van der Waals surface area contributed by atoms with E-state index >= 15 is 0 Å². The number of aryl methyl sites for hydroxylation is 2. The lowest BCUT2D eigenvalue weighted by Crippen LogP contribution is -2.40. The lowest BCUT2D eigenvalue weighted by molar-refractivity contribution is -0.119. The number of nitrogens with zero attached hydrogens (tertiary/aromatic N) is 3. The number of benzene rings is 3. The molecule has 10 heteroatoms. The first-order valence-corrected chi connectivity index (χ1v) is 14.3. The number of carbonyl (C=O) groups is 1. The minimum Gasteiger partial charge on any atom is -0.318 e. The van der Waals surface area contributed by atoms with Gasteiger partial charge in [0, 0.05) is 32.1 Å². The molecule has 0 unspecified atom stereocenters. The first-order chi connectivity index (χ1) is 18.1. The van der Waals surface area contributed by atoms with Gasteiger partial charge in [-0.1, -0.05) is 51.8 Å². The number of sulfonamides is 1. The van der Waals surface area contributed by atoms with Crippen LogP contribution in [0, 0.1) is 20.8 Å². The van der Waals surface area contributed by atoms with Gasteiger partial charge in [-0.3, -0.25) is 9.10 Å². The topological polar surface area (TPSA) is 83.8 Å². The van der Waals surface area contributed by atoms with E-state index in [1.165, 1.54) is 12.1 Å². The van der Waals surface area contributed by atoms with E-state index in [4.69, 9.17) is 11.6 Å². The minimum atomic E-state index is -4.03. The summed E-state index contributed by atoms with van der Waals surface area (Å²) in [7, 11) is -4.03. The number of amides is 1. The summed E-state index contributed by atoms with van der Waals surface area (Å²) in [5, 5.41) is 4.59. The Hall–Kier alpha value is -3.40. The molecule has 0 spiro atoms. The van der Waals surface area contributed by atoms with Crippen molar-refractivity contribution in [2.75, 3.05) is 10.8 Å². The molecule has 0 atom stereocenters. The standard InChI is InChI=1S/C28H26BrClN4O3S/c1-19-14-24(30)12-13-27(19)33(38(36,37)26-10-5-4-6-11-26)18-28(35)32-31-17-22-15-20(2)34(21(22)3)25-9-7-8-23(29)16-25/h4-17H,18H2,1-3H3,(H,32,35)/b31-17+. The van der Waals surface area contributed by atoms with Crippen LogP contribution in [0.3, 0.4) is 0 Å². The van der Waals surface area contributed by atoms with Gasteiger partial charge in [0.2, 0.25) is 0 Å². The number of hydrazone groups is 1. The third kappa shape index (κ3) is 6.01. The highest BCUT2D eigenvalue weighted by Crippen LogP contribution is 2.29. The molecule has 0 saturated carbocycles. The quantitative estimate of drug-likeness (QED) is 0.191. The van der Waals surface area contributed by atoms with E-state index in [1.54, 1.807) is 49.5 Å². The summed E-state index contributed by atoms with van der Waals surface area (Å²) in [6, 6.07) is 22.7. The van der Waals surface area contributed by atoms with E-state index in [0.29, 0.717) is 16.3 Å². The van der Waals surface area contributed by atoms with Crippen molar-refractivity contribution in [2.45, 2.75) is 25.7 Å². The SMILES string of the molecule is Cc1cc(Cl)ccc1N(CC(=O)N/N=C/c1cc(C)n(-c2cccc(Br)c2)c1C)S(=O)(=O)c1ccccc1. The second kappa shape index (κ2) is 11.6. The van der Waals surface area contributed by atoms with Crippen molar-refractivity contribution < 1.29 is 13.2 Å². The Balaban J connectivity index is 1.57. The molecule has 0 aliphatic carbocycles. The molecule has 1 heterocycles. The number of nitrogens with one attached hydrogen (secondary N) is 1. The number of rotatable bonds is 8. The Morgan fingerprint density at radius 2 is 1.76 bits per heavy atom. The summed E-state index contributed by atoms with van der Waals surface area (Å²) < 4.78 is 31.1. The Morgan fingerprint density at radius 3 is 2.45 bits per heavy atom. The van der Waals surface area contributed by atoms with Crippen LogP contribution in [0.1, 0.15) is 22.5 Å². The van der Waals surface area contributed by atoms with Gasteiger partial charge in [-0.25, -0.2) is 13.8 Å². The maximum absolute atomic E-state index is 13.5. The second-order valence-corrected chi connectivity index (χ2v) is 11.9. The van der Waals surface area contributed by atoms with Crippen LogP contribution in [0.4, 0.5) is 5.69 Å². The molecule has 0 aliphatic rings. The molecule has 38 heavy (non-hydrogen) atoms. The average Bonchev–Trinajstić information content (AvgIpc) is 3.16. The third-order valence-corrected chi connectivity index (χ3v) is 8.48. The summed E-state index contributed by atoms with van der Waals surface area (Å²) in [6.45, 7) is 5.24. The zero-order valence-electron chi connectivity index (χ0n) is 21.0. The Morgan fingerprint density at radius 1 is 1.03 bits per heavy atom. The summed E-state index contributed by atoms with van der Waals surface area (Å²) in [5.74, 6) is -0.587. The zero-order chi connectivity index (χ0) is 27.4. The van der Waals surface area contributed by atoms with Gasteiger partial charge >= 0.3 is 0 Å². The van der Waals surface area contributed by atoms with Crippen molar-refractivity contribution in [2.24, 2.45) is 5.10 Å². The third-order valence-electron chi connectivity index (χ3n) is 5.98. The van der Waals surface area contributed by atoms with Crippen LogP contribution in [-0.2, 0) is 14.8 Å². The van der Waals surface area contributed by atoms with Crippen LogP contribution in [-0.4, -0.2) is 31.7 Å². The Bertz CT molecular complexity index is 1620. The van der Waals surface area contributed by atoms with Gasteiger partial charge in [-0.15, -0.1) is 0 Å². The second-order valence-electron chi connectivity index (χ2n) is 8.69. The normalized spacial score (nSPS) is 11.6. The van der Waals surface area contributed by atoms with Gasteiger partial charge in [0.1, 0.15) is 6.54 Å². The highest BCUT2D eigenvalue weighted by molar-refractivity contribution is 9.10. The van der Waals surface area contributed by atoms with E-state index < -0.39 is 22.5 Å². The molecule has 1 amide bonds. The number of halogens is 2.